The van der Waals surface area contributed by atoms with Gasteiger partial charge < -0.3 is 13.6 Å². The van der Waals surface area contributed by atoms with Crippen molar-refractivity contribution in [3.8, 4) is 5.75 Å². The quantitative estimate of drug-likeness (QED) is 0.386. The monoisotopic (exact) mass is 336 g/mol. The summed E-state index contributed by atoms with van der Waals surface area (Å²) in [5, 5.41) is 0.775. The van der Waals surface area contributed by atoms with Gasteiger partial charge in [0.15, 0.2) is 0 Å². The summed E-state index contributed by atoms with van der Waals surface area (Å²) in [4.78, 5) is 24.5. The number of hydrogen-bond donors (Lipinski definition) is 0. The number of aryl methyl sites for hydroxylation is 2. The lowest BCUT2D eigenvalue weighted by Gasteiger charge is -2.26. The van der Waals surface area contributed by atoms with Crippen molar-refractivity contribution < 1.29 is 18.4 Å². The summed E-state index contributed by atoms with van der Waals surface area (Å²) in [6, 6.07) is 5.58. The van der Waals surface area contributed by atoms with E-state index in [1.807, 2.05) is 25.1 Å². The van der Waals surface area contributed by atoms with Gasteiger partial charge in [0.25, 0.3) is 0 Å². The van der Waals surface area contributed by atoms with E-state index < -0.39 is 0 Å². The molecule has 1 aliphatic carbocycles. The Balaban J connectivity index is 1.88. The third-order valence-corrected chi connectivity index (χ3v) is 5.28. The predicted octanol–water partition coefficient (Wildman–Crippen LogP) is 3.62. The van der Waals surface area contributed by atoms with Crippen LogP contribution in [0.2, 0.25) is 0 Å². The molecule has 2 aromatic heterocycles. The first-order valence-electron chi connectivity index (χ1n) is 8.49. The molecule has 1 aliphatic heterocycles. The highest BCUT2D eigenvalue weighted by atomic mass is 16.5. The zero-order valence-corrected chi connectivity index (χ0v) is 13.8. The van der Waals surface area contributed by atoms with E-state index in [1.54, 1.807) is 6.26 Å². The minimum Gasteiger partial charge on any atom is -0.469 e. The van der Waals surface area contributed by atoms with Crippen molar-refractivity contribution in [2.45, 2.75) is 38.5 Å². The Kier molecular flexibility index (Phi) is 2.95. The Morgan fingerprint density at radius 2 is 2.00 bits per heavy atom. The first-order valence-corrected chi connectivity index (χ1v) is 8.49. The summed E-state index contributed by atoms with van der Waals surface area (Å²) >= 11 is 0. The molecule has 2 aliphatic rings. The average Bonchev–Trinajstić information content (AvgIpc) is 3.25. The fourth-order valence-electron chi connectivity index (χ4n) is 4.24. The van der Waals surface area contributed by atoms with E-state index >= 15 is 0 Å². The zero-order chi connectivity index (χ0) is 17.1. The topological polar surface area (TPSA) is 69.7 Å². The fourth-order valence-corrected chi connectivity index (χ4v) is 4.24. The largest absolute Gasteiger partial charge is 0.469 e. The lowest BCUT2D eigenvalue weighted by atomic mass is 9.85. The van der Waals surface area contributed by atoms with E-state index in [0.29, 0.717) is 17.8 Å². The van der Waals surface area contributed by atoms with Crippen molar-refractivity contribution in [2.24, 2.45) is 0 Å². The molecule has 1 aromatic carbocycles. The van der Waals surface area contributed by atoms with Crippen LogP contribution in [0.1, 0.15) is 46.8 Å². The van der Waals surface area contributed by atoms with E-state index in [4.69, 9.17) is 13.6 Å². The molecule has 3 heterocycles. The minimum absolute atomic E-state index is 0.181. The smallest absolute Gasteiger partial charge is 0.339 e. The number of furan rings is 1. The van der Waals surface area contributed by atoms with Gasteiger partial charge in [-0.3, -0.25) is 4.79 Å². The van der Waals surface area contributed by atoms with Crippen LogP contribution in [0.4, 0.5) is 0 Å². The minimum atomic E-state index is -0.293. The summed E-state index contributed by atoms with van der Waals surface area (Å²) in [6.45, 7) is 1.95. The molecule has 0 fully saturated rings. The van der Waals surface area contributed by atoms with Gasteiger partial charge in [-0.25, -0.2) is 4.79 Å². The molecular formula is C20H16O5. The van der Waals surface area contributed by atoms with Crippen LogP contribution in [-0.2, 0) is 17.6 Å². The van der Waals surface area contributed by atoms with Gasteiger partial charge in [-0.15, -0.1) is 0 Å². The van der Waals surface area contributed by atoms with Gasteiger partial charge in [-0.05, 0) is 55.5 Å². The summed E-state index contributed by atoms with van der Waals surface area (Å²) in [6.07, 6.45) is 4.28. The predicted molar refractivity (Wildman–Crippen MR) is 90.0 cm³/mol. The van der Waals surface area contributed by atoms with Gasteiger partial charge >= 0.3 is 11.6 Å². The van der Waals surface area contributed by atoms with Crippen LogP contribution in [0.3, 0.4) is 0 Å². The van der Waals surface area contributed by atoms with Gasteiger partial charge in [0.1, 0.15) is 17.1 Å². The first kappa shape index (κ1) is 14.5. The summed E-state index contributed by atoms with van der Waals surface area (Å²) < 4.78 is 16.8. The lowest BCUT2D eigenvalue weighted by molar-refractivity contribution is -0.135. The Labute approximate surface area is 143 Å². The maximum Gasteiger partial charge on any atom is 0.339 e. The van der Waals surface area contributed by atoms with Crippen molar-refractivity contribution in [1.82, 2.24) is 0 Å². The van der Waals surface area contributed by atoms with E-state index in [2.05, 4.69) is 0 Å². The van der Waals surface area contributed by atoms with Crippen molar-refractivity contribution in [2.75, 3.05) is 0 Å². The number of benzene rings is 1. The van der Waals surface area contributed by atoms with Crippen molar-refractivity contribution in [3.05, 3.63) is 62.9 Å². The first-order chi connectivity index (χ1) is 12.1. The SMILES string of the molecule is Cc1cc2oc(=O)c3c(c2c2c1C(c1ccco1)CC(=O)O2)CCC3. The van der Waals surface area contributed by atoms with Gasteiger partial charge in [0, 0.05) is 11.1 Å². The fraction of sp³-hybridized carbons (Fsp3) is 0.300. The van der Waals surface area contributed by atoms with Gasteiger partial charge in [-0.1, -0.05) is 0 Å². The van der Waals surface area contributed by atoms with Crippen LogP contribution in [-0.4, -0.2) is 5.97 Å². The summed E-state index contributed by atoms with van der Waals surface area (Å²) in [5.41, 5.74) is 3.78. The molecule has 0 saturated heterocycles. The second kappa shape index (κ2) is 5.09. The molecule has 0 spiro atoms. The maximum absolute atomic E-state index is 12.3. The molecule has 0 amide bonds. The number of hydrogen-bond acceptors (Lipinski definition) is 5. The van der Waals surface area contributed by atoms with Gasteiger partial charge in [0.05, 0.1) is 24.0 Å². The molecule has 0 radical (unpaired) electrons. The second-order valence-electron chi connectivity index (χ2n) is 6.76. The number of ether oxygens (including phenoxy) is 1. The van der Waals surface area contributed by atoms with E-state index in [9.17, 15) is 9.59 Å². The molecule has 3 aromatic rings. The van der Waals surface area contributed by atoms with Gasteiger partial charge in [-0.2, -0.15) is 0 Å². The molecule has 0 saturated carbocycles. The second-order valence-corrected chi connectivity index (χ2v) is 6.76. The zero-order valence-electron chi connectivity index (χ0n) is 13.8. The highest BCUT2D eigenvalue weighted by Crippen LogP contribution is 2.46. The molecule has 0 bridgehead atoms. The molecular weight excluding hydrogens is 320 g/mol. The van der Waals surface area contributed by atoms with Crippen molar-refractivity contribution in [1.29, 1.82) is 0 Å². The van der Waals surface area contributed by atoms with Crippen LogP contribution in [0.15, 0.2) is 38.1 Å². The molecule has 5 heteroatoms. The lowest BCUT2D eigenvalue weighted by Crippen LogP contribution is -2.22. The highest BCUT2D eigenvalue weighted by molar-refractivity contribution is 5.94. The Hall–Kier alpha value is -2.82. The maximum atomic E-state index is 12.3. The molecule has 25 heavy (non-hydrogen) atoms. The van der Waals surface area contributed by atoms with E-state index in [0.717, 1.165) is 46.2 Å². The van der Waals surface area contributed by atoms with Crippen LogP contribution in [0.25, 0.3) is 11.0 Å². The van der Waals surface area contributed by atoms with E-state index in [1.165, 1.54) is 0 Å². The van der Waals surface area contributed by atoms with Crippen LogP contribution in [0.5, 0.6) is 5.75 Å². The standard InChI is InChI=1S/C20H16O5/c1-10-8-15-18(11-4-2-5-12(11)20(22)24-15)19-17(10)13(9-16(21)25-19)14-6-3-7-23-14/h3,6-8,13H,2,4-5,9H2,1H3. The Morgan fingerprint density at radius 3 is 2.80 bits per heavy atom. The van der Waals surface area contributed by atoms with Crippen LogP contribution in [0, 0.1) is 6.92 Å². The number of carbonyl (C=O) groups excluding carboxylic acids is 1. The Morgan fingerprint density at radius 1 is 1.16 bits per heavy atom. The average molecular weight is 336 g/mol. The summed E-state index contributed by atoms with van der Waals surface area (Å²) in [7, 11) is 0. The van der Waals surface area contributed by atoms with Crippen molar-refractivity contribution >= 4 is 16.9 Å². The number of rotatable bonds is 1. The molecule has 0 N–H and O–H groups in total. The normalized spacial score (nSPS) is 18.9. The third kappa shape index (κ3) is 2.02. The third-order valence-electron chi connectivity index (χ3n) is 5.28. The van der Waals surface area contributed by atoms with E-state index in [-0.39, 0.29) is 23.9 Å². The highest BCUT2D eigenvalue weighted by Gasteiger charge is 2.35. The molecule has 5 nitrogen and oxygen atoms in total. The molecule has 126 valence electrons. The number of carbonyl (C=O) groups is 1. The number of esters is 1. The molecule has 1 unspecified atom stereocenters. The molecule has 5 rings (SSSR count). The van der Waals surface area contributed by atoms with Gasteiger partial charge in [0.2, 0.25) is 0 Å². The van der Waals surface area contributed by atoms with Crippen LogP contribution < -0.4 is 10.4 Å². The summed E-state index contributed by atoms with van der Waals surface area (Å²) in [5.74, 6) is 0.808. The Bertz CT molecular complexity index is 1070. The van der Waals surface area contributed by atoms with Crippen molar-refractivity contribution in [3.63, 3.8) is 0 Å². The number of fused-ring (bicyclic) bond motifs is 5. The van der Waals surface area contributed by atoms with Crippen LogP contribution >= 0.6 is 0 Å². The molecule has 1 atom stereocenters.